The third-order valence-electron chi connectivity index (χ3n) is 12.3. The van der Waals surface area contributed by atoms with E-state index in [0.717, 1.165) is 0 Å². The summed E-state index contributed by atoms with van der Waals surface area (Å²) >= 11 is 0. The van der Waals surface area contributed by atoms with Gasteiger partial charge in [0.05, 0.1) is 0 Å². The molecule has 0 atom stereocenters. The van der Waals surface area contributed by atoms with Crippen LogP contribution < -0.4 is 0 Å². The first-order chi connectivity index (χ1) is 29.6. The largest absolute Gasteiger partial charge is 0.0654 e. The standard InChI is InChI=1S/C16H34.C14H30.C12H26.C10H22.C8H18/c1-3-5-7-9-11-13-15-16-14-12-10-8-6-4-2;1-3-5-7-9-11-13-14-12-10-8-6-4-2;1-3-5-7-9-11-12-10-8-6-4-2;1-3-5-7-9-10-8-6-4-2;1-3-5-7-8-6-4-2/h3-16H2,1-2H3;3-14H2,1-2H3;3-12H2,1-2H3;3-10H2,1-2H3;3-8H2,1-2H3. The monoisotopic (exact) mass is 851 g/mol. The normalized spacial score (nSPS) is 10.5. The van der Waals surface area contributed by atoms with Crippen LogP contribution in [0.3, 0.4) is 0 Å². The van der Waals surface area contributed by atoms with E-state index >= 15 is 0 Å². The van der Waals surface area contributed by atoms with Gasteiger partial charge >= 0.3 is 0 Å². The van der Waals surface area contributed by atoms with E-state index in [1.807, 2.05) is 0 Å². The first kappa shape index (κ1) is 69.0. The Labute approximate surface area is 388 Å². The van der Waals surface area contributed by atoms with Gasteiger partial charge in [-0.1, -0.05) is 390 Å². The molecule has 0 aromatic rings. The fraction of sp³-hybridized carbons (Fsp3) is 1.00. The summed E-state index contributed by atoms with van der Waals surface area (Å²) in [5, 5.41) is 0. The molecule has 0 amide bonds. The molecule has 0 aliphatic carbocycles. The summed E-state index contributed by atoms with van der Waals surface area (Å²) in [6.07, 6.45) is 72.2. The van der Waals surface area contributed by atoms with Crippen molar-refractivity contribution in [2.75, 3.05) is 0 Å². The zero-order chi connectivity index (χ0) is 45.4. The van der Waals surface area contributed by atoms with Gasteiger partial charge in [-0.3, -0.25) is 0 Å². The van der Waals surface area contributed by atoms with Crippen LogP contribution in [-0.4, -0.2) is 0 Å². The molecule has 0 saturated carbocycles. The second-order valence-electron chi connectivity index (χ2n) is 19.1. The SMILES string of the molecule is CCCCCCCC.CCCCCCCCCC.CCCCCCCCCCCC.CCCCCCCCCCCCCC.CCCCCCCCCCCCCCCC. The van der Waals surface area contributed by atoms with Crippen molar-refractivity contribution in [1.82, 2.24) is 0 Å². The van der Waals surface area contributed by atoms with Crippen LogP contribution in [0.25, 0.3) is 0 Å². The van der Waals surface area contributed by atoms with E-state index in [-0.39, 0.29) is 0 Å². The van der Waals surface area contributed by atoms with Gasteiger partial charge in [0.15, 0.2) is 0 Å². The molecule has 0 heterocycles. The highest BCUT2D eigenvalue weighted by atomic mass is 14.0. The van der Waals surface area contributed by atoms with Crippen molar-refractivity contribution in [3.8, 4) is 0 Å². The lowest BCUT2D eigenvalue weighted by Crippen LogP contribution is -1.82. The first-order valence-corrected chi connectivity index (χ1v) is 29.6. The Morgan fingerprint density at radius 2 is 0.133 bits per heavy atom. The van der Waals surface area contributed by atoms with Crippen molar-refractivity contribution in [2.45, 2.75) is 390 Å². The summed E-state index contributed by atoms with van der Waals surface area (Å²) in [6, 6.07) is 0. The number of rotatable bonds is 45. The van der Waals surface area contributed by atoms with Crippen LogP contribution in [0, 0.1) is 0 Å². The summed E-state index contributed by atoms with van der Waals surface area (Å²) in [5.41, 5.74) is 0. The zero-order valence-corrected chi connectivity index (χ0v) is 45.4. The number of unbranched alkanes of at least 4 members (excludes halogenated alkanes) is 45. The lowest BCUT2D eigenvalue weighted by molar-refractivity contribution is 0.538. The second-order valence-corrected chi connectivity index (χ2v) is 19.1. The molecule has 0 aliphatic heterocycles. The summed E-state index contributed by atoms with van der Waals surface area (Å²) in [7, 11) is 0. The molecule has 0 radical (unpaired) electrons. The molecule has 0 saturated heterocycles. The third kappa shape index (κ3) is 93.1. The summed E-state index contributed by atoms with van der Waals surface area (Å²) in [5.74, 6) is 0. The first-order valence-electron chi connectivity index (χ1n) is 29.6. The van der Waals surface area contributed by atoms with Gasteiger partial charge in [0.25, 0.3) is 0 Å². The second kappa shape index (κ2) is 79.4. The van der Waals surface area contributed by atoms with E-state index in [1.165, 1.54) is 321 Å². The molecule has 0 N–H and O–H groups in total. The van der Waals surface area contributed by atoms with E-state index in [2.05, 4.69) is 69.2 Å². The zero-order valence-electron chi connectivity index (χ0n) is 45.4. The van der Waals surface area contributed by atoms with Crippen LogP contribution in [0.1, 0.15) is 390 Å². The maximum atomic E-state index is 2.29. The smallest absolute Gasteiger partial charge is 0.0533 e. The van der Waals surface area contributed by atoms with Crippen molar-refractivity contribution in [3.05, 3.63) is 0 Å². The van der Waals surface area contributed by atoms with E-state index in [4.69, 9.17) is 0 Å². The maximum Gasteiger partial charge on any atom is -0.0533 e. The number of hydrogen-bond acceptors (Lipinski definition) is 0. The molecule has 0 heteroatoms. The Balaban J connectivity index is -0.000000214. The van der Waals surface area contributed by atoms with Crippen molar-refractivity contribution in [1.29, 1.82) is 0 Å². The van der Waals surface area contributed by atoms with Crippen LogP contribution in [-0.2, 0) is 0 Å². The molecule has 0 aromatic carbocycles. The molecule has 0 spiro atoms. The van der Waals surface area contributed by atoms with Crippen molar-refractivity contribution >= 4 is 0 Å². The Bertz CT molecular complexity index is 514. The van der Waals surface area contributed by atoms with Gasteiger partial charge < -0.3 is 0 Å². The Morgan fingerprint density at radius 1 is 0.0833 bits per heavy atom. The lowest BCUT2D eigenvalue weighted by atomic mass is 10.0. The van der Waals surface area contributed by atoms with E-state index in [1.54, 1.807) is 0 Å². The predicted molar refractivity (Wildman–Crippen MR) is 288 cm³/mol. The Morgan fingerprint density at radius 3 is 0.183 bits per heavy atom. The van der Waals surface area contributed by atoms with E-state index < -0.39 is 0 Å². The highest BCUT2D eigenvalue weighted by Crippen LogP contribution is 2.14. The fourth-order valence-electron chi connectivity index (χ4n) is 7.80. The van der Waals surface area contributed by atoms with Gasteiger partial charge in [-0.15, -0.1) is 0 Å². The van der Waals surface area contributed by atoms with Crippen LogP contribution >= 0.6 is 0 Å². The van der Waals surface area contributed by atoms with Crippen LogP contribution in [0.15, 0.2) is 0 Å². The highest BCUT2D eigenvalue weighted by molar-refractivity contribution is 4.50. The Hall–Kier alpha value is 0. The highest BCUT2D eigenvalue weighted by Gasteiger charge is 1.95. The molecular weight excluding hydrogens is 721 g/mol. The summed E-state index contributed by atoms with van der Waals surface area (Å²) < 4.78 is 0. The molecule has 0 fully saturated rings. The quantitative estimate of drug-likeness (QED) is 0.0536. The van der Waals surface area contributed by atoms with E-state index in [9.17, 15) is 0 Å². The maximum absolute atomic E-state index is 2.29. The number of hydrogen-bond donors (Lipinski definition) is 0. The molecule has 0 aliphatic rings. The predicted octanol–water partition coefficient (Wildman–Crippen LogP) is 24.6. The molecular formula is C60H130. The molecule has 0 aromatic heterocycles. The van der Waals surface area contributed by atoms with Gasteiger partial charge in [0.1, 0.15) is 0 Å². The fourth-order valence-corrected chi connectivity index (χ4v) is 7.80. The minimum atomic E-state index is 1.36. The topological polar surface area (TPSA) is 0 Å². The molecule has 0 rings (SSSR count). The van der Waals surface area contributed by atoms with Crippen molar-refractivity contribution in [2.24, 2.45) is 0 Å². The van der Waals surface area contributed by atoms with Gasteiger partial charge in [0, 0.05) is 0 Å². The van der Waals surface area contributed by atoms with E-state index in [0.29, 0.717) is 0 Å². The van der Waals surface area contributed by atoms with Gasteiger partial charge in [-0.25, -0.2) is 0 Å². The van der Waals surface area contributed by atoms with Crippen molar-refractivity contribution in [3.63, 3.8) is 0 Å². The average Bonchev–Trinajstić information content (AvgIpc) is 3.27. The van der Waals surface area contributed by atoms with Crippen LogP contribution in [0.2, 0.25) is 0 Å². The van der Waals surface area contributed by atoms with Crippen LogP contribution in [0.5, 0.6) is 0 Å². The van der Waals surface area contributed by atoms with Gasteiger partial charge in [-0.05, 0) is 0 Å². The van der Waals surface area contributed by atoms with Crippen LogP contribution in [0.4, 0.5) is 0 Å². The average molecular weight is 852 g/mol. The van der Waals surface area contributed by atoms with Gasteiger partial charge in [0.2, 0.25) is 0 Å². The third-order valence-corrected chi connectivity index (χ3v) is 12.3. The lowest BCUT2D eigenvalue weighted by Gasteiger charge is -2.02. The molecule has 370 valence electrons. The minimum absolute atomic E-state index is 1.36. The minimum Gasteiger partial charge on any atom is -0.0654 e. The molecule has 0 unspecified atom stereocenters. The van der Waals surface area contributed by atoms with Gasteiger partial charge in [-0.2, -0.15) is 0 Å². The summed E-state index contributed by atoms with van der Waals surface area (Å²) in [6.45, 7) is 22.8. The van der Waals surface area contributed by atoms with Crippen molar-refractivity contribution < 1.29 is 0 Å². The summed E-state index contributed by atoms with van der Waals surface area (Å²) in [4.78, 5) is 0. The molecule has 0 bridgehead atoms. The molecule has 60 heavy (non-hydrogen) atoms. The Kier molecular flexibility index (Phi) is 91.4. The molecule has 0 nitrogen and oxygen atoms in total.